The molecule has 0 aliphatic heterocycles. The van der Waals surface area contributed by atoms with E-state index in [2.05, 4.69) is 26.2 Å². The van der Waals surface area contributed by atoms with Crippen LogP contribution in [0.25, 0.3) is 0 Å². The second kappa shape index (κ2) is 6.71. The molecule has 0 heterocycles. The average molecular weight is 276 g/mol. The van der Waals surface area contributed by atoms with Gasteiger partial charge in [0.25, 0.3) is 0 Å². The number of aromatic carboxylic acids is 1. The lowest BCUT2D eigenvalue weighted by Crippen LogP contribution is -2.32. The van der Waals surface area contributed by atoms with E-state index < -0.39 is 14.0 Å². The first-order valence-corrected chi connectivity index (χ1v) is 10.4. The zero-order valence-corrected chi connectivity index (χ0v) is 13.1. The molecule has 0 saturated carbocycles. The first-order valence-electron chi connectivity index (χ1n) is 6.81. The standard InChI is InChI=1S/C16H24O2Si/c1-5-6-7-12-15(19(2,3)4)13-10-8-9-11-14(13)16(17)18/h5,8-11,15H,1,6-7,12H2,2-4H3,(H,17,18). The van der Waals surface area contributed by atoms with Gasteiger partial charge in [0.05, 0.1) is 13.6 Å². The lowest BCUT2D eigenvalue weighted by Gasteiger charge is -2.30. The van der Waals surface area contributed by atoms with Crippen molar-refractivity contribution in [1.29, 1.82) is 0 Å². The molecule has 0 amide bonds. The number of rotatable bonds is 7. The fourth-order valence-electron chi connectivity index (χ4n) is 2.52. The van der Waals surface area contributed by atoms with E-state index in [1.54, 1.807) is 12.1 Å². The van der Waals surface area contributed by atoms with Crippen LogP contribution in [0.4, 0.5) is 0 Å². The maximum absolute atomic E-state index is 11.4. The van der Waals surface area contributed by atoms with Gasteiger partial charge in [0.15, 0.2) is 0 Å². The third-order valence-electron chi connectivity index (χ3n) is 3.51. The van der Waals surface area contributed by atoms with Gasteiger partial charge < -0.3 is 5.11 Å². The predicted octanol–water partition coefficient (Wildman–Crippen LogP) is 4.70. The summed E-state index contributed by atoms with van der Waals surface area (Å²) in [7, 11) is -1.45. The Labute approximate surface area is 117 Å². The smallest absolute Gasteiger partial charge is 0.335 e. The van der Waals surface area contributed by atoms with Gasteiger partial charge in [-0.15, -0.1) is 6.58 Å². The number of carboxylic acids is 1. The number of carbonyl (C=O) groups is 1. The molecule has 1 atom stereocenters. The van der Waals surface area contributed by atoms with Gasteiger partial charge in [0, 0.05) is 0 Å². The van der Waals surface area contributed by atoms with Crippen molar-refractivity contribution in [2.24, 2.45) is 0 Å². The molecule has 0 radical (unpaired) electrons. The summed E-state index contributed by atoms with van der Waals surface area (Å²) in [6, 6.07) is 7.46. The Morgan fingerprint density at radius 1 is 1.37 bits per heavy atom. The molecule has 0 aliphatic rings. The highest BCUT2D eigenvalue weighted by atomic mass is 28.3. The maximum atomic E-state index is 11.4. The molecule has 1 rings (SSSR count). The van der Waals surface area contributed by atoms with Crippen molar-refractivity contribution in [3.05, 3.63) is 48.0 Å². The SMILES string of the molecule is C=CCCCC(c1ccccc1C(=O)O)[Si](C)(C)C. The minimum atomic E-state index is -1.45. The molecule has 19 heavy (non-hydrogen) atoms. The van der Waals surface area contributed by atoms with Crippen molar-refractivity contribution < 1.29 is 9.90 Å². The van der Waals surface area contributed by atoms with E-state index in [1.807, 2.05) is 18.2 Å². The molecule has 0 bridgehead atoms. The van der Waals surface area contributed by atoms with E-state index in [4.69, 9.17) is 0 Å². The monoisotopic (exact) mass is 276 g/mol. The van der Waals surface area contributed by atoms with Crippen molar-refractivity contribution in [3.63, 3.8) is 0 Å². The third kappa shape index (κ3) is 4.35. The van der Waals surface area contributed by atoms with Crippen molar-refractivity contribution in [2.45, 2.75) is 44.4 Å². The minimum absolute atomic E-state index is 0.389. The fraction of sp³-hybridized carbons (Fsp3) is 0.438. The Kier molecular flexibility index (Phi) is 5.55. The summed E-state index contributed by atoms with van der Waals surface area (Å²) >= 11 is 0. The Balaban J connectivity index is 3.10. The van der Waals surface area contributed by atoms with Gasteiger partial charge in [-0.3, -0.25) is 0 Å². The molecule has 104 valence electrons. The molecule has 0 spiro atoms. The van der Waals surface area contributed by atoms with Gasteiger partial charge in [-0.25, -0.2) is 4.79 Å². The second-order valence-electron chi connectivity index (χ2n) is 6.03. The molecular weight excluding hydrogens is 252 g/mol. The van der Waals surface area contributed by atoms with Crippen LogP contribution < -0.4 is 0 Å². The molecular formula is C16H24O2Si. The highest BCUT2D eigenvalue weighted by molar-refractivity contribution is 6.77. The summed E-state index contributed by atoms with van der Waals surface area (Å²) in [6.45, 7) is 10.7. The molecule has 0 aromatic heterocycles. The molecule has 1 aromatic rings. The minimum Gasteiger partial charge on any atom is -0.478 e. The van der Waals surface area contributed by atoms with Crippen LogP contribution in [0.15, 0.2) is 36.9 Å². The van der Waals surface area contributed by atoms with Crippen LogP contribution in [0.1, 0.15) is 40.7 Å². The summed E-state index contributed by atoms with van der Waals surface area (Å²) in [6.07, 6.45) is 5.05. The summed E-state index contributed by atoms with van der Waals surface area (Å²) in [4.78, 5) is 11.4. The lowest BCUT2D eigenvalue weighted by molar-refractivity contribution is 0.0695. The fourth-order valence-corrected chi connectivity index (χ4v) is 4.77. The summed E-state index contributed by atoms with van der Waals surface area (Å²) < 4.78 is 0. The molecule has 1 unspecified atom stereocenters. The highest BCUT2D eigenvalue weighted by Crippen LogP contribution is 2.34. The second-order valence-corrected chi connectivity index (χ2v) is 11.5. The van der Waals surface area contributed by atoms with E-state index in [9.17, 15) is 9.90 Å². The Bertz CT molecular complexity index is 446. The number of unbranched alkanes of at least 4 members (excludes halogenated alkanes) is 1. The predicted molar refractivity (Wildman–Crippen MR) is 83.5 cm³/mol. The molecule has 1 N–H and O–H groups in total. The van der Waals surface area contributed by atoms with E-state index in [-0.39, 0.29) is 0 Å². The molecule has 0 aliphatic carbocycles. The number of hydrogen-bond donors (Lipinski definition) is 1. The molecule has 3 heteroatoms. The van der Waals surface area contributed by atoms with Gasteiger partial charge in [-0.05, 0) is 36.4 Å². The zero-order chi connectivity index (χ0) is 14.5. The summed E-state index contributed by atoms with van der Waals surface area (Å²) in [5.74, 6) is -0.817. The van der Waals surface area contributed by atoms with Crippen LogP contribution in [0.5, 0.6) is 0 Å². The summed E-state index contributed by atoms with van der Waals surface area (Å²) in [5.41, 5.74) is 1.87. The Morgan fingerprint density at radius 3 is 2.53 bits per heavy atom. The van der Waals surface area contributed by atoms with E-state index in [0.29, 0.717) is 11.1 Å². The number of hydrogen-bond acceptors (Lipinski definition) is 1. The molecule has 2 nitrogen and oxygen atoms in total. The Hall–Kier alpha value is -1.35. The van der Waals surface area contributed by atoms with Crippen molar-refractivity contribution in [2.75, 3.05) is 0 Å². The van der Waals surface area contributed by atoms with Gasteiger partial charge in [0.2, 0.25) is 0 Å². The highest BCUT2D eigenvalue weighted by Gasteiger charge is 2.30. The van der Waals surface area contributed by atoms with Crippen LogP contribution in [0.3, 0.4) is 0 Å². The van der Waals surface area contributed by atoms with Crippen molar-refractivity contribution in [1.82, 2.24) is 0 Å². The largest absolute Gasteiger partial charge is 0.478 e. The molecule has 0 fully saturated rings. The van der Waals surface area contributed by atoms with Crippen LogP contribution in [0, 0.1) is 0 Å². The summed E-state index contributed by atoms with van der Waals surface area (Å²) in [5, 5.41) is 9.35. The van der Waals surface area contributed by atoms with Gasteiger partial charge in [-0.1, -0.05) is 43.9 Å². The zero-order valence-electron chi connectivity index (χ0n) is 12.1. The van der Waals surface area contributed by atoms with E-state index >= 15 is 0 Å². The topological polar surface area (TPSA) is 37.3 Å². The lowest BCUT2D eigenvalue weighted by atomic mass is 10.0. The van der Waals surface area contributed by atoms with E-state index in [0.717, 1.165) is 24.8 Å². The quantitative estimate of drug-likeness (QED) is 0.445. The van der Waals surface area contributed by atoms with Gasteiger partial charge in [-0.2, -0.15) is 0 Å². The first-order chi connectivity index (χ1) is 8.88. The van der Waals surface area contributed by atoms with Crippen LogP contribution >= 0.6 is 0 Å². The van der Waals surface area contributed by atoms with Gasteiger partial charge >= 0.3 is 5.97 Å². The van der Waals surface area contributed by atoms with Crippen LogP contribution in [0.2, 0.25) is 19.6 Å². The van der Waals surface area contributed by atoms with Crippen LogP contribution in [-0.2, 0) is 0 Å². The van der Waals surface area contributed by atoms with E-state index in [1.165, 1.54) is 0 Å². The molecule has 0 saturated heterocycles. The van der Waals surface area contributed by atoms with Crippen LogP contribution in [-0.4, -0.2) is 19.1 Å². The number of carboxylic acid groups (broad SMARTS) is 1. The van der Waals surface area contributed by atoms with Gasteiger partial charge in [0.1, 0.15) is 0 Å². The Morgan fingerprint density at radius 2 is 2.00 bits per heavy atom. The normalized spacial score (nSPS) is 13.0. The third-order valence-corrected chi connectivity index (χ3v) is 6.20. The molecule has 1 aromatic carbocycles. The first kappa shape index (κ1) is 15.7. The van der Waals surface area contributed by atoms with Crippen molar-refractivity contribution in [3.8, 4) is 0 Å². The maximum Gasteiger partial charge on any atom is 0.335 e. The number of allylic oxidation sites excluding steroid dienone is 1. The number of benzene rings is 1. The van der Waals surface area contributed by atoms with Crippen molar-refractivity contribution >= 4 is 14.0 Å². The average Bonchev–Trinajstić information content (AvgIpc) is 2.33.